The highest BCUT2D eigenvalue weighted by Gasteiger charge is 2.47. The molecule has 1 N–H and O–H groups in total. The first-order valence-electron chi connectivity index (χ1n) is 8.73. The lowest BCUT2D eigenvalue weighted by atomic mass is 9.99. The number of nitro benzene ring substituents is 1. The highest BCUT2D eigenvalue weighted by Crippen LogP contribution is 2.43. The number of nitro groups is 1. The Labute approximate surface area is 173 Å². The van der Waals surface area contributed by atoms with Crippen LogP contribution in [0.2, 0.25) is 0 Å². The van der Waals surface area contributed by atoms with E-state index in [0.717, 1.165) is 17.0 Å². The molecule has 1 aromatic heterocycles. The van der Waals surface area contributed by atoms with E-state index in [4.69, 9.17) is 0 Å². The van der Waals surface area contributed by atoms with E-state index in [2.05, 4.69) is 0 Å². The molecule has 1 unspecified atom stereocenters. The van der Waals surface area contributed by atoms with Crippen LogP contribution in [0.15, 0.2) is 71.6 Å². The van der Waals surface area contributed by atoms with Crippen LogP contribution in [-0.2, 0) is 9.59 Å². The molecule has 1 amide bonds. The number of nitrogens with zero attached hydrogens (tertiary/aromatic N) is 2. The quantitative estimate of drug-likeness (QED) is 0.220. The molecule has 1 saturated heterocycles. The molecular formula is C21H13FN2O5S. The minimum atomic E-state index is -0.994. The summed E-state index contributed by atoms with van der Waals surface area (Å²) in [6.45, 7) is 0. The number of ketones is 1. The van der Waals surface area contributed by atoms with E-state index in [-0.39, 0.29) is 22.5 Å². The van der Waals surface area contributed by atoms with Gasteiger partial charge in [-0.15, -0.1) is 11.3 Å². The van der Waals surface area contributed by atoms with Crippen molar-refractivity contribution in [2.24, 2.45) is 0 Å². The van der Waals surface area contributed by atoms with Crippen LogP contribution in [0.4, 0.5) is 15.8 Å². The lowest BCUT2D eigenvalue weighted by molar-refractivity contribution is -0.384. The van der Waals surface area contributed by atoms with Crippen molar-refractivity contribution in [3.63, 3.8) is 0 Å². The number of carbonyl (C=O) groups is 2. The number of aliphatic hydroxyl groups is 1. The lowest BCUT2D eigenvalue weighted by Crippen LogP contribution is -2.29. The summed E-state index contributed by atoms with van der Waals surface area (Å²) in [7, 11) is 0. The molecule has 0 bridgehead atoms. The third-order valence-corrected chi connectivity index (χ3v) is 5.60. The summed E-state index contributed by atoms with van der Waals surface area (Å²) in [6, 6.07) is 12.8. The molecule has 1 aliphatic heterocycles. The van der Waals surface area contributed by atoms with Crippen molar-refractivity contribution < 1.29 is 24.0 Å². The van der Waals surface area contributed by atoms with Crippen LogP contribution in [0.3, 0.4) is 0 Å². The lowest BCUT2D eigenvalue weighted by Gasteiger charge is -2.24. The molecule has 30 heavy (non-hydrogen) atoms. The minimum Gasteiger partial charge on any atom is -0.507 e. The van der Waals surface area contributed by atoms with E-state index in [1.807, 2.05) is 0 Å². The van der Waals surface area contributed by atoms with Crippen LogP contribution in [0.1, 0.15) is 16.5 Å². The van der Waals surface area contributed by atoms with E-state index in [1.54, 1.807) is 17.5 Å². The van der Waals surface area contributed by atoms with Crippen molar-refractivity contribution in [2.45, 2.75) is 6.04 Å². The number of halogens is 1. The monoisotopic (exact) mass is 424 g/mol. The number of benzene rings is 2. The van der Waals surface area contributed by atoms with E-state index in [1.165, 1.54) is 47.7 Å². The van der Waals surface area contributed by atoms with Crippen molar-refractivity contribution in [1.82, 2.24) is 0 Å². The van der Waals surface area contributed by atoms with Gasteiger partial charge in [-0.2, -0.15) is 0 Å². The number of hydrogen-bond acceptors (Lipinski definition) is 6. The first kappa shape index (κ1) is 19.5. The Morgan fingerprint density at radius 3 is 2.53 bits per heavy atom. The van der Waals surface area contributed by atoms with Crippen molar-refractivity contribution in [1.29, 1.82) is 0 Å². The Morgan fingerprint density at radius 2 is 1.87 bits per heavy atom. The summed E-state index contributed by atoms with van der Waals surface area (Å²) in [5.41, 5.74) is -0.296. The number of carbonyl (C=O) groups excluding carboxylic acids is 2. The van der Waals surface area contributed by atoms with Gasteiger partial charge < -0.3 is 5.11 Å². The van der Waals surface area contributed by atoms with Crippen molar-refractivity contribution in [3.05, 3.63) is 98.0 Å². The second-order valence-electron chi connectivity index (χ2n) is 6.47. The zero-order chi connectivity index (χ0) is 21.4. The smallest absolute Gasteiger partial charge is 0.300 e. The molecule has 2 aromatic carbocycles. The second-order valence-corrected chi connectivity index (χ2v) is 7.45. The van der Waals surface area contributed by atoms with Gasteiger partial charge in [0.25, 0.3) is 17.4 Å². The molecule has 0 radical (unpaired) electrons. The number of hydrogen-bond donors (Lipinski definition) is 1. The van der Waals surface area contributed by atoms with Gasteiger partial charge in [0.2, 0.25) is 0 Å². The van der Waals surface area contributed by atoms with Gasteiger partial charge in [-0.3, -0.25) is 24.6 Å². The molecule has 1 aliphatic rings. The van der Waals surface area contributed by atoms with Crippen LogP contribution in [0.5, 0.6) is 0 Å². The SMILES string of the molecule is O=C1C(=O)N(c2cccc(F)c2)C(c2cccs2)/C1=C(/O)c1cccc([N+](=O)[O-])c1. The topological polar surface area (TPSA) is 101 Å². The summed E-state index contributed by atoms with van der Waals surface area (Å²) >= 11 is 1.26. The molecule has 9 heteroatoms. The number of rotatable bonds is 4. The summed E-state index contributed by atoms with van der Waals surface area (Å²) in [5, 5.41) is 23.7. The Hall–Kier alpha value is -3.85. The third kappa shape index (κ3) is 3.25. The summed E-state index contributed by atoms with van der Waals surface area (Å²) in [5.74, 6) is -3.00. The van der Waals surface area contributed by atoms with Crippen LogP contribution < -0.4 is 4.90 Å². The molecule has 1 fully saturated rings. The van der Waals surface area contributed by atoms with Gasteiger partial charge in [-0.1, -0.05) is 24.3 Å². The van der Waals surface area contributed by atoms with Crippen molar-refractivity contribution in [2.75, 3.05) is 4.90 Å². The fourth-order valence-corrected chi connectivity index (χ4v) is 4.19. The van der Waals surface area contributed by atoms with Gasteiger partial charge in [-0.25, -0.2) is 4.39 Å². The van der Waals surface area contributed by atoms with Gasteiger partial charge >= 0.3 is 0 Å². The molecule has 2 heterocycles. The van der Waals surface area contributed by atoms with Gasteiger partial charge in [0, 0.05) is 28.3 Å². The number of Topliss-reactive ketones (excluding diaryl/α,β-unsaturated/α-hetero) is 1. The molecule has 1 atom stereocenters. The standard InChI is InChI=1S/C21H13FN2O5S/c22-13-5-2-6-14(11-13)23-18(16-8-3-9-30-16)17(20(26)21(23)27)19(25)12-4-1-7-15(10-12)24(28)29/h1-11,18,25H/b19-17-. The van der Waals surface area contributed by atoms with Crippen LogP contribution in [0, 0.1) is 15.9 Å². The predicted octanol–water partition coefficient (Wildman–Crippen LogP) is 4.42. The van der Waals surface area contributed by atoms with Crippen LogP contribution in [-0.4, -0.2) is 21.7 Å². The minimum absolute atomic E-state index is 0.0306. The Bertz CT molecular complexity index is 1210. The van der Waals surface area contributed by atoms with Crippen LogP contribution in [0.25, 0.3) is 5.76 Å². The summed E-state index contributed by atoms with van der Waals surface area (Å²) < 4.78 is 13.8. The summed E-state index contributed by atoms with van der Waals surface area (Å²) in [6.07, 6.45) is 0. The highest BCUT2D eigenvalue weighted by molar-refractivity contribution is 7.10. The maximum atomic E-state index is 13.8. The zero-order valence-electron chi connectivity index (χ0n) is 15.2. The average Bonchev–Trinajstić information content (AvgIpc) is 3.35. The number of amides is 1. The Morgan fingerprint density at radius 1 is 1.10 bits per heavy atom. The first-order valence-corrected chi connectivity index (χ1v) is 9.61. The van der Waals surface area contributed by atoms with Crippen molar-refractivity contribution >= 4 is 40.2 Å². The number of thiophene rings is 1. The fourth-order valence-electron chi connectivity index (χ4n) is 3.36. The van der Waals surface area contributed by atoms with Gasteiger partial charge in [-0.05, 0) is 29.6 Å². The Kier molecular flexibility index (Phi) is 4.88. The van der Waals surface area contributed by atoms with Crippen LogP contribution >= 0.6 is 11.3 Å². The maximum absolute atomic E-state index is 13.8. The Balaban J connectivity index is 1.93. The number of anilines is 1. The van der Waals surface area contributed by atoms with E-state index >= 15 is 0 Å². The molecule has 4 rings (SSSR count). The van der Waals surface area contributed by atoms with E-state index < -0.39 is 34.2 Å². The molecule has 3 aromatic rings. The number of aliphatic hydroxyl groups excluding tert-OH is 1. The largest absolute Gasteiger partial charge is 0.507 e. The normalized spacial score (nSPS) is 18.0. The van der Waals surface area contributed by atoms with E-state index in [9.17, 15) is 29.2 Å². The second kappa shape index (κ2) is 7.53. The zero-order valence-corrected chi connectivity index (χ0v) is 16.0. The molecule has 150 valence electrons. The maximum Gasteiger partial charge on any atom is 0.300 e. The highest BCUT2D eigenvalue weighted by atomic mass is 32.1. The predicted molar refractivity (Wildman–Crippen MR) is 109 cm³/mol. The molecule has 0 aliphatic carbocycles. The van der Waals surface area contributed by atoms with Gasteiger partial charge in [0.05, 0.1) is 10.5 Å². The average molecular weight is 424 g/mol. The molecule has 7 nitrogen and oxygen atoms in total. The molecular weight excluding hydrogens is 411 g/mol. The fraction of sp³-hybridized carbons (Fsp3) is 0.0476. The van der Waals surface area contributed by atoms with Gasteiger partial charge in [0.15, 0.2) is 0 Å². The molecule has 0 saturated carbocycles. The number of non-ortho nitro benzene ring substituents is 1. The van der Waals surface area contributed by atoms with Crippen molar-refractivity contribution in [3.8, 4) is 0 Å². The summed E-state index contributed by atoms with van der Waals surface area (Å²) in [4.78, 5) is 37.9. The van der Waals surface area contributed by atoms with Gasteiger partial charge in [0.1, 0.15) is 17.6 Å². The molecule has 0 spiro atoms. The first-order chi connectivity index (χ1) is 14.4. The van der Waals surface area contributed by atoms with E-state index in [0.29, 0.717) is 4.88 Å². The third-order valence-electron chi connectivity index (χ3n) is 4.67.